The highest BCUT2D eigenvalue weighted by Gasteiger charge is 2.17. The Hall–Kier alpha value is -3.36. The zero-order valence-electron chi connectivity index (χ0n) is 14.1. The van der Waals surface area contributed by atoms with Crippen molar-refractivity contribution in [3.8, 4) is 5.75 Å². The number of nitrogens with one attached hydrogen (secondary N) is 1. The van der Waals surface area contributed by atoms with E-state index >= 15 is 0 Å². The molecule has 25 heavy (non-hydrogen) atoms. The highest BCUT2D eigenvalue weighted by Crippen LogP contribution is 2.15. The topological polar surface area (TPSA) is 106 Å². The van der Waals surface area contributed by atoms with Crippen molar-refractivity contribution in [1.82, 2.24) is 18.7 Å². The third kappa shape index (κ3) is 2.69. The van der Waals surface area contributed by atoms with Crippen molar-refractivity contribution < 1.29 is 5.11 Å². The number of benzene rings is 1. The van der Waals surface area contributed by atoms with Crippen LogP contribution in [0.5, 0.6) is 5.75 Å². The number of aryl methyl sites for hydroxylation is 2. The number of anilines is 1. The van der Waals surface area contributed by atoms with E-state index in [2.05, 4.69) is 15.5 Å². The van der Waals surface area contributed by atoms with Gasteiger partial charge >= 0.3 is 5.69 Å². The monoisotopic (exact) mass is 342 g/mol. The van der Waals surface area contributed by atoms with Crippen molar-refractivity contribution >= 4 is 23.3 Å². The second kappa shape index (κ2) is 6.27. The Morgan fingerprint density at radius 2 is 1.96 bits per heavy atom. The first kappa shape index (κ1) is 16.5. The molecular weight excluding hydrogens is 324 g/mol. The smallest absolute Gasteiger partial charge is 0.332 e. The Bertz CT molecular complexity index is 1090. The second-order valence-corrected chi connectivity index (χ2v) is 5.49. The average molecular weight is 342 g/mol. The number of fused-ring (bicyclic) bond motifs is 1. The van der Waals surface area contributed by atoms with E-state index in [1.54, 1.807) is 49.9 Å². The Morgan fingerprint density at radius 1 is 1.24 bits per heavy atom. The number of nitrogens with zero attached hydrogens (tertiary/aromatic N) is 5. The lowest BCUT2D eigenvalue weighted by atomic mass is 10.2. The standard InChI is InChI=1S/C16H18N6O3/c1-4-22-14(24)12-13(21(3)16(22)25)18-15(20(12)2)19-17-9-10-7-5-6-8-11(10)23/h5-9,23H,4H2,1-3H3,(H,18,19)/b17-9-. The average Bonchev–Trinajstić information content (AvgIpc) is 2.92. The molecule has 1 aromatic carbocycles. The molecule has 0 unspecified atom stereocenters. The van der Waals surface area contributed by atoms with Gasteiger partial charge < -0.3 is 9.67 Å². The van der Waals surface area contributed by atoms with E-state index in [0.717, 1.165) is 4.57 Å². The van der Waals surface area contributed by atoms with Gasteiger partial charge in [0.25, 0.3) is 5.56 Å². The largest absolute Gasteiger partial charge is 0.507 e. The lowest BCUT2D eigenvalue weighted by molar-refractivity contribution is 0.474. The maximum Gasteiger partial charge on any atom is 0.332 e. The van der Waals surface area contributed by atoms with Gasteiger partial charge in [-0.3, -0.25) is 13.9 Å². The molecule has 0 spiro atoms. The van der Waals surface area contributed by atoms with Crippen LogP contribution < -0.4 is 16.7 Å². The summed E-state index contributed by atoms with van der Waals surface area (Å²) in [5.41, 5.74) is 3.05. The summed E-state index contributed by atoms with van der Waals surface area (Å²) in [5.74, 6) is 0.411. The van der Waals surface area contributed by atoms with E-state index in [0.29, 0.717) is 17.0 Å². The third-order valence-corrected chi connectivity index (χ3v) is 3.98. The van der Waals surface area contributed by atoms with Crippen molar-refractivity contribution in [1.29, 1.82) is 0 Å². The molecule has 0 bridgehead atoms. The SMILES string of the molecule is CCn1c(=O)c2c(nc(N/N=C\c3ccccc3O)n2C)n(C)c1=O. The van der Waals surface area contributed by atoms with Gasteiger partial charge in [-0.05, 0) is 19.1 Å². The van der Waals surface area contributed by atoms with Gasteiger partial charge in [-0.15, -0.1) is 0 Å². The van der Waals surface area contributed by atoms with E-state index in [9.17, 15) is 14.7 Å². The van der Waals surface area contributed by atoms with Crippen LogP contribution in [0.25, 0.3) is 11.2 Å². The van der Waals surface area contributed by atoms with Crippen LogP contribution in [0.4, 0.5) is 5.95 Å². The molecule has 3 rings (SSSR count). The van der Waals surface area contributed by atoms with Crippen molar-refractivity contribution in [2.45, 2.75) is 13.5 Å². The molecule has 0 aliphatic carbocycles. The Labute approximate surface area is 142 Å². The van der Waals surface area contributed by atoms with Crippen LogP contribution >= 0.6 is 0 Å². The van der Waals surface area contributed by atoms with Crippen molar-refractivity contribution in [2.24, 2.45) is 19.2 Å². The van der Waals surface area contributed by atoms with Crippen LogP contribution in [-0.4, -0.2) is 30.0 Å². The summed E-state index contributed by atoms with van der Waals surface area (Å²) in [6, 6.07) is 6.75. The number of aromatic nitrogens is 4. The van der Waals surface area contributed by atoms with Crippen molar-refractivity contribution in [3.63, 3.8) is 0 Å². The number of aromatic hydroxyl groups is 1. The van der Waals surface area contributed by atoms with E-state index in [-0.39, 0.29) is 17.9 Å². The molecule has 2 aromatic heterocycles. The Kier molecular flexibility index (Phi) is 4.14. The molecule has 0 fully saturated rings. The van der Waals surface area contributed by atoms with Crippen LogP contribution in [0.15, 0.2) is 39.0 Å². The molecule has 3 aromatic rings. The van der Waals surface area contributed by atoms with Crippen LogP contribution in [0.1, 0.15) is 12.5 Å². The van der Waals surface area contributed by atoms with E-state index in [1.807, 2.05) is 0 Å². The predicted octanol–water partition coefficient (Wildman–Crippen LogP) is 0.605. The maximum atomic E-state index is 12.5. The fraction of sp³-hybridized carbons (Fsp3) is 0.250. The fourth-order valence-electron chi connectivity index (χ4n) is 2.58. The summed E-state index contributed by atoms with van der Waals surface area (Å²) >= 11 is 0. The summed E-state index contributed by atoms with van der Waals surface area (Å²) in [6.07, 6.45) is 1.44. The maximum absolute atomic E-state index is 12.5. The fourth-order valence-corrected chi connectivity index (χ4v) is 2.58. The number of phenols is 1. The first-order valence-electron chi connectivity index (χ1n) is 7.69. The summed E-state index contributed by atoms with van der Waals surface area (Å²) in [5, 5.41) is 13.8. The molecule has 0 saturated carbocycles. The Balaban J connectivity index is 2.04. The molecule has 0 atom stereocenters. The molecular formula is C16H18N6O3. The molecule has 0 aliphatic heterocycles. The van der Waals surface area contributed by atoms with Gasteiger partial charge in [0.05, 0.1) is 6.21 Å². The minimum atomic E-state index is -0.414. The summed E-state index contributed by atoms with van der Waals surface area (Å²) in [6.45, 7) is 2.02. The molecule has 0 amide bonds. The normalized spacial score (nSPS) is 11.5. The molecule has 9 heteroatoms. The Morgan fingerprint density at radius 3 is 2.64 bits per heavy atom. The lowest BCUT2D eigenvalue weighted by Crippen LogP contribution is -2.39. The number of hydrogen-bond donors (Lipinski definition) is 2. The molecule has 2 heterocycles. The number of rotatable bonds is 4. The highest BCUT2D eigenvalue weighted by atomic mass is 16.3. The van der Waals surface area contributed by atoms with E-state index in [4.69, 9.17) is 0 Å². The predicted molar refractivity (Wildman–Crippen MR) is 95.2 cm³/mol. The van der Waals surface area contributed by atoms with Crippen molar-refractivity contribution in [3.05, 3.63) is 50.7 Å². The van der Waals surface area contributed by atoms with Crippen LogP contribution in [-0.2, 0) is 20.6 Å². The van der Waals surface area contributed by atoms with Gasteiger partial charge in [-0.1, -0.05) is 12.1 Å². The minimum absolute atomic E-state index is 0.103. The molecule has 9 nitrogen and oxygen atoms in total. The lowest BCUT2D eigenvalue weighted by Gasteiger charge is -2.05. The van der Waals surface area contributed by atoms with Gasteiger partial charge in [0.15, 0.2) is 11.2 Å². The number of imidazole rings is 1. The van der Waals surface area contributed by atoms with Crippen molar-refractivity contribution in [2.75, 3.05) is 5.43 Å². The number of hydrogen-bond acceptors (Lipinski definition) is 6. The molecule has 0 radical (unpaired) electrons. The minimum Gasteiger partial charge on any atom is -0.507 e. The van der Waals surface area contributed by atoms with Crippen LogP contribution in [0.3, 0.4) is 0 Å². The summed E-state index contributed by atoms with van der Waals surface area (Å²) in [4.78, 5) is 29.0. The first-order valence-corrected chi connectivity index (χ1v) is 7.69. The molecule has 0 saturated heterocycles. The van der Waals surface area contributed by atoms with Gasteiger partial charge in [0.2, 0.25) is 5.95 Å². The van der Waals surface area contributed by atoms with Crippen LogP contribution in [0, 0.1) is 0 Å². The number of hydrazone groups is 1. The van der Waals surface area contributed by atoms with E-state index < -0.39 is 11.2 Å². The van der Waals surface area contributed by atoms with Gasteiger partial charge in [0.1, 0.15) is 5.75 Å². The highest BCUT2D eigenvalue weighted by molar-refractivity contribution is 5.83. The molecule has 2 N–H and O–H groups in total. The second-order valence-electron chi connectivity index (χ2n) is 5.49. The van der Waals surface area contributed by atoms with Gasteiger partial charge in [-0.2, -0.15) is 10.1 Å². The number of para-hydroxylation sites is 1. The molecule has 0 aliphatic rings. The quantitative estimate of drug-likeness (QED) is 0.533. The zero-order chi connectivity index (χ0) is 18.1. The third-order valence-electron chi connectivity index (χ3n) is 3.98. The summed E-state index contributed by atoms with van der Waals surface area (Å²) in [7, 11) is 3.23. The zero-order valence-corrected chi connectivity index (χ0v) is 14.1. The van der Waals surface area contributed by atoms with E-state index in [1.165, 1.54) is 10.8 Å². The van der Waals surface area contributed by atoms with Gasteiger partial charge in [0, 0.05) is 26.2 Å². The number of phenolic OH excluding ortho intramolecular Hbond substituents is 1. The van der Waals surface area contributed by atoms with Crippen LogP contribution in [0.2, 0.25) is 0 Å². The molecule has 130 valence electrons. The summed E-state index contributed by atoms with van der Waals surface area (Å²) < 4.78 is 4.03. The first-order chi connectivity index (χ1) is 12.0. The van der Waals surface area contributed by atoms with Gasteiger partial charge in [-0.25, -0.2) is 10.2 Å².